The number of hydrogen-bond donors (Lipinski definition) is 1. The van der Waals surface area contributed by atoms with Crippen LogP contribution in [0.3, 0.4) is 0 Å². The number of hydrogen-bond acceptors (Lipinski definition) is 6. The van der Waals surface area contributed by atoms with Crippen LogP contribution in [0.25, 0.3) is 11.6 Å². The van der Waals surface area contributed by atoms with Crippen molar-refractivity contribution in [3.05, 3.63) is 58.6 Å². The lowest BCUT2D eigenvalue weighted by Gasteiger charge is -2.34. The van der Waals surface area contributed by atoms with E-state index in [-0.39, 0.29) is 12.3 Å². The van der Waals surface area contributed by atoms with Gasteiger partial charge in [-0.1, -0.05) is 26.0 Å². The molecule has 0 unspecified atom stereocenters. The highest BCUT2D eigenvalue weighted by molar-refractivity contribution is 7.71. The molecule has 10 heteroatoms. The molecule has 1 aliphatic heterocycles. The molecule has 3 aromatic rings. The summed E-state index contributed by atoms with van der Waals surface area (Å²) in [4.78, 5) is 28.3. The largest absolute Gasteiger partial charge is 0.461 e. The van der Waals surface area contributed by atoms with Gasteiger partial charge in [0.05, 0.1) is 12.9 Å². The van der Waals surface area contributed by atoms with Gasteiger partial charge in [0.2, 0.25) is 5.91 Å². The van der Waals surface area contributed by atoms with Crippen molar-refractivity contribution >= 4 is 24.0 Å². The third-order valence-corrected chi connectivity index (χ3v) is 6.50. The van der Waals surface area contributed by atoms with Crippen molar-refractivity contribution in [2.45, 2.75) is 39.4 Å². The fraction of sp³-hybridized carbons (Fsp3) is 0.417. The zero-order chi connectivity index (χ0) is 24.2. The summed E-state index contributed by atoms with van der Waals surface area (Å²) in [5.74, 6) is 1.23. The first-order valence-electron chi connectivity index (χ1n) is 11.4. The van der Waals surface area contributed by atoms with Gasteiger partial charge >= 0.3 is 0 Å². The van der Waals surface area contributed by atoms with Crippen LogP contribution >= 0.6 is 12.2 Å². The number of piperazine rings is 1. The quantitative estimate of drug-likeness (QED) is 0.495. The zero-order valence-electron chi connectivity index (χ0n) is 19.5. The van der Waals surface area contributed by atoms with E-state index in [4.69, 9.17) is 22.4 Å². The summed E-state index contributed by atoms with van der Waals surface area (Å²) in [5, 5.41) is 4.66. The minimum absolute atomic E-state index is 0.0578. The van der Waals surface area contributed by atoms with Crippen LogP contribution in [0.5, 0.6) is 0 Å². The Labute approximate surface area is 203 Å². The molecule has 0 radical (unpaired) electrons. The highest BCUT2D eigenvalue weighted by atomic mass is 32.1. The van der Waals surface area contributed by atoms with Crippen LogP contribution < -0.4 is 5.73 Å². The van der Waals surface area contributed by atoms with Crippen LogP contribution in [-0.4, -0.2) is 62.1 Å². The molecule has 1 fully saturated rings. The van der Waals surface area contributed by atoms with Gasteiger partial charge < -0.3 is 15.1 Å². The number of rotatable bonds is 8. The third-order valence-electron chi connectivity index (χ3n) is 6.06. The third kappa shape index (κ3) is 5.28. The zero-order valence-corrected chi connectivity index (χ0v) is 20.3. The molecule has 0 atom stereocenters. The van der Waals surface area contributed by atoms with Gasteiger partial charge in [-0.15, -0.1) is 5.10 Å². The van der Waals surface area contributed by atoms with Crippen molar-refractivity contribution in [2.24, 2.45) is 5.73 Å². The fourth-order valence-electron chi connectivity index (χ4n) is 4.02. The van der Waals surface area contributed by atoms with Crippen molar-refractivity contribution in [1.82, 2.24) is 24.1 Å². The topological polar surface area (TPSA) is 103 Å². The molecule has 2 aromatic heterocycles. The second kappa shape index (κ2) is 10.4. The van der Waals surface area contributed by atoms with E-state index in [0.29, 0.717) is 61.7 Å². The maximum Gasteiger partial charge on any atom is 0.253 e. The predicted molar refractivity (Wildman–Crippen MR) is 131 cm³/mol. The first-order valence-corrected chi connectivity index (χ1v) is 11.9. The number of carbonyl (C=O) groups is 2. The highest BCUT2D eigenvalue weighted by Crippen LogP contribution is 2.20. The normalized spacial score (nSPS) is 14.6. The van der Waals surface area contributed by atoms with Crippen molar-refractivity contribution in [3.8, 4) is 11.6 Å². The fourth-order valence-corrected chi connectivity index (χ4v) is 4.30. The van der Waals surface area contributed by atoms with E-state index in [9.17, 15) is 9.59 Å². The Kier molecular flexibility index (Phi) is 7.28. The number of benzene rings is 1. The lowest BCUT2D eigenvalue weighted by Crippen LogP contribution is -2.49. The van der Waals surface area contributed by atoms with E-state index in [1.165, 1.54) is 5.56 Å². The minimum atomic E-state index is -0.403. The number of amides is 2. The molecule has 2 N–H and O–H groups in total. The Balaban J connectivity index is 1.42. The summed E-state index contributed by atoms with van der Waals surface area (Å²) in [7, 11) is 0. The molecule has 180 valence electrons. The van der Waals surface area contributed by atoms with Crippen molar-refractivity contribution in [2.75, 3.05) is 26.2 Å². The van der Waals surface area contributed by atoms with Gasteiger partial charge in [-0.25, -0.2) is 4.68 Å². The Morgan fingerprint density at radius 1 is 1.12 bits per heavy atom. The average molecular weight is 483 g/mol. The van der Waals surface area contributed by atoms with Crippen molar-refractivity contribution in [3.63, 3.8) is 0 Å². The standard InChI is InChI=1S/C24H30N6O3S/c1-17(2)18-5-7-19(8-6-18)23(32)28-13-11-27(12-14-28)16-30-24(34)29(10-9-21(25)31)22(26-30)20-4-3-15-33-20/h3-8,15,17H,9-14,16H2,1-2H3,(H2,25,31). The monoisotopic (exact) mass is 482 g/mol. The maximum absolute atomic E-state index is 12.9. The Hall–Kier alpha value is -3.24. The summed E-state index contributed by atoms with van der Waals surface area (Å²) < 4.78 is 9.52. The molecular weight excluding hydrogens is 452 g/mol. The molecule has 0 saturated carbocycles. The van der Waals surface area contributed by atoms with Crippen LogP contribution in [0.4, 0.5) is 0 Å². The number of furan rings is 1. The molecule has 1 aromatic carbocycles. The summed E-state index contributed by atoms with van der Waals surface area (Å²) in [6.07, 6.45) is 1.73. The molecular formula is C24H30N6O3S. The molecule has 0 bridgehead atoms. The summed E-state index contributed by atoms with van der Waals surface area (Å²) in [6.45, 7) is 7.78. The van der Waals surface area contributed by atoms with E-state index >= 15 is 0 Å². The van der Waals surface area contributed by atoms with E-state index in [1.54, 1.807) is 27.6 Å². The SMILES string of the molecule is CC(C)c1ccc(C(=O)N2CCN(Cn3nc(-c4ccco4)n(CCC(N)=O)c3=S)CC2)cc1. The lowest BCUT2D eigenvalue weighted by atomic mass is 10.0. The predicted octanol–water partition coefficient (Wildman–Crippen LogP) is 3.09. The van der Waals surface area contributed by atoms with Gasteiger partial charge in [0.15, 0.2) is 16.4 Å². The van der Waals surface area contributed by atoms with Crippen molar-refractivity contribution < 1.29 is 14.0 Å². The van der Waals surface area contributed by atoms with Gasteiger partial charge in [-0.05, 0) is 48.0 Å². The maximum atomic E-state index is 12.9. The molecule has 1 aliphatic rings. The molecule has 2 amide bonds. The van der Waals surface area contributed by atoms with Gasteiger partial charge in [0.25, 0.3) is 5.91 Å². The molecule has 1 saturated heterocycles. The van der Waals surface area contributed by atoms with Crippen LogP contribution in [0.15, 0.2) is 47.1 Å². The molecule has 0 spiro atoms. The van der Waals surface area contributed by atoms with Gasteiger partial charge in [-0.3, -0.25) is 19.1 Å². The first kappa shape index (κ1) is 23.9. The van der Waals surface area contributed by atoms with Crippen LogP contribution in [0.1, 0.15) is 42.1 Å². The molecule has 34 heavy (non-hydrogen) atoms. The summed E-state index contributed by atoms with van der Waals surface area (Å²) >= 11 is 5.64. The minimum Gasteiger partial charge on any atom is -0.461 e. The molecule has 3 heterocycles. The van der Waals surface area contributed by atoms with E-state index in [0.717, 1.165) is 5.56 Å². The number of nitrogens with two attached hydrogens (primary N) is 1. The summed E-state index contributed by atoms with van der Waals surface area (Å²) in [5.41, 5.74) is 7.28. The smallest absolute Gasteiger partial charge is 0.253 e. The highest BCUT2D eigenvalue weighted by Gasteiger charge is 2.24. The number of primary amides is 1. The van der Waals surface area contributed by atoms with Crippen LogP contribution in [0, 0.1) is 4.77 Å². The number of aromatic nitrogens is 3. The number of carbonyl (C=O) groups excluding carboxylic acids is 2. The Morgan fingerprint density at radius 2 is 1.82 bits per heavy atom. The average Bonchev–Trinajstić information content (AvgIpc) is 3.46. The summed E-state index contributed by atoms with van der Waals surface area (Å²) in [6, 6.07) is 11.5. The molecule has 0 aliphatic carbocycles. The Bertz CT molecular complexity index is 1190. The Morgan fingerprint density at radius 3 is 2.41 bits per heavy atom. The van der Waals surface area contributed by atoms with Gasteiger partial charge in [0.1, 0.15) is 0 Å². The van der Waals surface area contributed by atoms with E-state index in [1.807, 2.05) is 29.2 Å². The van der Waals surface area contributed by atoms with E-state index < -0.39 is 5.91 Å². The van der Waals surface area contributed by atoms with E-state index in [2.05, 4.69) is 23.8 Å². The lowest BCUT2D eigenvalue weighted by molar-refractivity contribution is -0.118. The molecule has 4 rings (SSSR count). The second-order valence-electron chi connectivity index (χ2n) is 8.78. The van der Waals surface area contributed by atoms with Gasteiger partial charge in [-0.2, -0.15) is 0 Å². The number of nitrogens with zero attached hydrogens (tertiary/aromatic N) is 5. The second-order valence-corrected chi connectivity index (χ2v) is 9.14. The van der Waals surface area contributed by atoms with Crippen molar-refractivity contribution in [1.29, 1.82) is 0 Å². The van der Waals surface area contributed by atoms with Gasteiger partial charge in [0, 0.05) is 44.7 Å². The molecule has 9 nitrogen and oxygen atoms in total. The van der Waals surface area contributed by atoms with Crippen LogP contribution in [-0.2, 0) is 18.0 Å². The first-order chi connectivity index (χ1) is 16.3. The van der Waals surface area contributed by atoms with Crippen LogP contribution in [0.2, 0.25) is 0 Å².